The van der Waals surface area contributed by atoms with Crippen LogP contribution in [0.15, 0.2) is 140 Å². The number of methoxy groups -OCH3 is 1. The van der Waals surface area contributed by atoms with Crippen molar-refractivity contribution in [2.45, 2.75) is 50.2 Å². The van der Waals surface area contributed by atoms with Gasteiger partial charge in [0.05, 0.1) is 51.3 Å². The van der Waals surface area contributed by atoms with E-state index in [9.17, 15) is 14.7 Å². The molecule has 0 radical (unpaired) electrons. The normalized spacial score (nSPS) is 20.8. The van der Waals surface area contributed by atoms with E-state index in [1.165, 1.54) is 0 Å². The molecule has 0 saturated carbocycles. The topological polar surface area (TPSA) is 99.6 Å². The molecule has 59 heavy (non-hydrogen) atoms. The van der Waals surface area contributed by atoms with Crippen molar-refractivity contribution < 1.29 is 29.0 Å². The average molecular weight is 802 g/mol. The van der Waals surface area contributed by atoms with Crippen molar-refractivity contribution in [1.29, 1.82) is 0 Å². The van der Waals surface area contributed by atoms with E-state index in [0.717, 1.165) is 33.0 Å². The second kappa shape index (κ2) is 14.9. The number of nitrogens with zero attached hydrogens (tertiary/aromatic N) is 3. The maximum atomic E-state index is 15.6. The van der Waals surface area contributed by atoms with Gasteiger partial charge in [0.15, 0.2) is 5.60 Å². The molecule has 6 aromatic rings. The number of fused-ring (bicyclic) bond motifs is 2. The summed E-state index contributed by atoms with van der Waals surface area (Å²) in [4.78, 5) is 49.6. The molecule has 3 amide bonds. The SMILES string of the molecule is COc1ccc([Si](C)(C)[C@H]2[C@H](CC(=O)N(CCO)Cc3ccccc3)O[C@@]3(C(=O)N(c4ccccc4)c4ccc(N5C(=O)c6cccc7cccc5c67)cc43)[C@@H]2C)cc1. The maximum absolute atomic E-state index is 15.6. The molecular weight excluding hydrogens is 755 g/mol. The van der Waals surface area contributed by atoms with Crippen LogP contribution in [0.2, 0.25) is 18.6 Å². The number of anilines is 4. The van der Waals surface area contributed by atoms with E-state index >= 15 is 4.79 Å². The van der Waals surface area contributed by atoms with Crippen molar-refractivity contribution in [3.8, 4) is 5.75 Å². The van der Waals surface area contributed by atoms with Gasteiger partial charge in [-0.3, -0.25) is 24.2 Å². The molecule has 0 aromatic heterocycles. The van der Waals surface area contributed by atoms with E-state index in [2.05, 4.69) is 32.2 Å². The number of benzene rings is 6. The van der Waals surface area contributed by atoms with Crippen LogP contribution in [0.5, 0.6) is 5.75 Å². The zero-order valence-corrected chi connectivity index (χ0v) is 34.7. The number of hydrogen-bond acceptors (Lipinski definition) is 6. The lowest BCUT2D eigenvalue weighted by atomic mass is 9.82. The van der Waals surface area contributed by atoms with Crippen molar-refractivity contribution in [2.75, 3.05) is 30.1 Å². The second-order valence-electron chi connectivity index (χ2n) is 16.4. The molecule has 1 fully saturated rings. The smallest absolute Gasteiger partial charge is 0.268 e. The molecule has 1 spiro atoms. The van der Waals surface area contributed by atoms with Crippen molar-refractivity contribution in [3.05, 3.63) is 156 Å². The molecular formula is C49H47N3O6Si. The van der Waals surface area contributed by atoms with Crippen molar-refractivity contribution >= 4 is 64.5 Å². The lowest BCUT2D eigenvalue weighted by Crippen LogP contribution is -2.52. The van der Waals surface area contributed by atoms with Gasteiger partial charge in [-0.1, -0.05) is 110 Å². The monoisotopic (exact) mass is 801 g/mol. The molecule has 9 nitrogen and oxygen atoms in total. The number of aliphatic hydroxyl groups is 1. The molecule has 1 saturated heterocycles. The maximum Gasteiger partial charge on any atom is 0.268 e. The van der Waals surface area contributed by atoms with Gasteiger partial charge in [0, 0.05) is 41.3 Å². The van der Waals surface area contributed by atoms with Gasteiger partial charge < -0.3 is 19.5 Å². The first-order valence-electron chi connectivity index (χ1n) is 20.2. The lowest BCUT2D eigenvalue weighted by molar-refractivity contribution is -0.149. The van der Waals surface area contributed by atoms with Crippen LogP contribution in [0.25, 0.3) is 10.8 Å². The van der Waals surface area contributed by atoms with Gasteiger partial charge in [0.25, 0.3) is 11.8 Å². The van der Waals surface area contributed by atoms with Crippen molar-refractivity contribution in [1.82, 2.24) is 4.90 Å². The minimum absolute atomic E-state index is 0.0196. The van der Waals surface area contributed by atoms with E-state index in [4.69, 9.17) is 9.47 Å². The second-order valence-corrected chi connectivity index (χ2v) is 21.1. The van der Waals surface area contributed by atoms with E-state index in [1.54, 1.807) is 21.8 Å². The molecule has 3 aliphatic heterocycles. The molecule has 3 heterocycles. The number of carbonyl (C=O) groups is 3. The summed E-state index contributed by atoms with van der Waals surface area (Å²) in [5.41, 5.74) is 3.36. The van der Waals surface area contributed by atoms with Crippen LogP contribution in [-0.4, -0.2) is 62.2 Å². The molecule has 10 heteroatoms. The van der Waals surface area contributed by atoms with Crippen molar-refractivity contribution in [2.24, 2.45) is 5.92 Å². The highest BCUT2D eigenvalue weighted by atomic mass is 28.3. The Labute approximate surface area is 345 Å². The predicted octanol–water partition coefficient (Wildman–Crippen LogP) is 8.45. The number of hydrogen-bond donors (Lipinski definition) is 1. The van der Waals surface area contributed by atoms with E-state index in [0.29, 0.717) is 34.7 Å². The third kappa shape index (κ3) is 6.16. The summed E-state index contributed by atoms with van der Waals surface area (Å²) in [6.45, 7) is 6.99. The minimum Gasteiger partial charge on any atom is -0.497 e. The average Bonchev–Trinajstić information content (AvgIpc) is 3.82. The van der Waals surface area contributed by atoms with Gasteiger partial charge in [-0.05, 0) is 71.1 Å². The molecule has 4 atom stereocenters. The zero-order chi connectivity index (χ0) is 41.1. The standard InChI is InChI=1S/C49H47N3O6Si/c1-32-46(59(3,4)38-24-22-37(57-2)23-25-38)43(30-44(54)50(27-28-53)31-33-13-7-5-8-14-33)58-49(32)40-29-36(21-26-41(40)52(48(49)56)35-17-9-6-10-18-35)51-42-20-12-16-34-15-11-19-39(45(34)42)47(51)55/h5-26,29,32,43,46,53H,27-28,30-31H2,1-4H3/t32-,43+,46-,49+/m1/s1. The van der Waals surface area contributed by atoms with Gasteiger partial charge in [-0.15, -0.1) is 0 Å². The fourth-order valence-corrected chi connectivity index (χ4v) is 14.1. The van der Waals surface area contributed by atoms with E-state index < -0.39 is 25.7 Å². The third-order valence-electron chi connectivity index (χ3n) is 12.9. The van der Waals surface area contributed by atoms with Crippen LogP contribution in [0.4, 0.5) is 22.7 Å². The summed E-state index contributed by atoms with van der Waals surface area (Å²) >= 11 is 0. The highest BCUT2D eigenvalue weighted by Crippen LogP contribution is 2.62. The zero-order valence-electron chi connectivity index (χ0n) is 33.7. The summed E-state index contributed by atoms with van der Waals surface area (Å²) in [5, 5.41) is 13.2. The molecule has 298 valence electrons. The van der Waals surface area contributed by atoms with Crippen LogP contribution in [0.3, 0.4) is 0 Å². The summed E-state index contributed by atoms with van der Waals surface area (Å²) in [5.74, 6) is -0.160. The number of rotatable bonds is 11. The van der Waals surface area contributed by atoms with E-state index in [1.807, 2.05) is 127 Å². The highest BCUT2D eigenvalue weighted by molar-refractivity contribution is 6.91. The third-order valence-corrected chi connectivity index (χ3v) is 17.2. The Bertz CT molecular complexity index is 2580. The first kappa shape index (κ1) is 38.4. The summed E-state index contributed by atoms with van der Waals surface area (Å²) in [6, 6.07) is 45.0. The van der Waals surface area contributed by atoms with Crippen molar-refractivity contribution in [3.63, 3.8) is 0 Å². The minimum atomic E-state index is -2.61. The van der Waals surface area contributed by atoms with Crippen LogP contribution in [0.1, 0.15) is 34.8 Å². The van der Waals surface area contributed by atoms with Gasteiger partial charge in [-0.2, -0.15) is 0 Å². The molecule has 3 aliphatic rings. The number of ether oxygens (including phenoxy) is 2. The van der Waals surface area contributed by atoms with Gasteiger partial charge in [0.2, 0.25) is 5.91 Å². The molecule has 9 rings (SSSR count). The Morgan fingerprint density at radius 1 is 0.814 bits per heavy atom. The number of aliphatic hydroxyl groups excluding tert-OH is 1. The van der Waals surface area contributed by atoms with Crippen LogP contribution >= 0.6 is 0 Å². The summed E-state index contributed by atoms with van der Waals surface area (Å²) in [6.07, 6.45) is -0.632. The van der Waals surface area contributed by atoms with Gasteiger partial charge in [-0.25, -0.2) is 0 Å². The molecule has 0 bridgehead atoms. The van der Waals surface area contributed by atoms with E-state index in [-0.39, 0.29) is 42.8 Å². The highest BCUT2D eigenvalue weighted by Gasteiger charge is 2.67. The predicted molar refractivity (Wildman–Crippen MR) is 234 cm³/mol. The molecule has 0 aliphatic carbocycles. The van der Waals surface area contributed by atoms with Crippen LogP contribution < -0.4 is 19.7 Å². The van der Waals surface area contributed by atoms with Gasteiger partial charge >= 0.3 is 0 Å². The van der Waals surface area contributed by atoms with Crippen LogP contribution in [-0.2, 0) is 26.5 Å². The number of para-hydroxylation sites is 1. The Balaban J connectivity index is 1.19. The lowest BCUT2D eigenvalue weighted by Gasteiger charge is -2.37. The Morgan fingerprint density at radius 2 is 1.51 bits per heavy atom. The number of carbonyl (C=O) groups excluding carboxylic acids is 3. The number of amides is 3. The Kier molecular flexibility index (Phi) is 9.74. The molecule has 1 N–H and O–H groups in total. The Hall–Kier alpha value is -6.07. The fraction of sp³-hybridized carbons (Fsp3) is 0.245. The van der Waals surface area contributed by atoms with Crippen LogP contribution in [0, 0.1) is 5.92 Å². The fourth-order valence-electron chi connectivity index (χ4n) is 10.1. The Morgan fingerprint density at radius 3 is 2.20 bits per heavy atom. The molecule has 6 aromatic carbocycles. The molecule has 0 unspecified atom stereocenters. The summed E-state index contributed by atoms with van der Waals surface area (Å²) in [7, 11) is -0.963. The first-order valence-corrected chi connectivity index (χ1v) is 23.3. The quantitative estimate of drug-likeness (QED) is 0.132. The summed E-state index contributed by atoms with van der Waals surface area (Å²) < 4.78 is 12.9. The first-order chi connectivity index (χ1) is 28.6. The largest absolute Gasteiger partial charge is 0.497 e. The van der Waals surface area contributed by atoms with Gasteiger partial charge in [0.1, 0.15) is 5.75 Å².